The molecule has 0 aromatic rings. The van der Waals surface area contributed by atoms with Crippen molar-refractivity contribution < 1.29 is 4.79 Å². The van der Waals surface area contributed by atoms with Gasteiger partial charge in [0.25, 0.3) is 0 Å². The van der Waals surface area contributed by atoms with Crippen LogP contribution < -0.4 is 5.32 Å². The van der Waals surface area contributed by atoms with Gasteiger partial charge in [-0.2, -0.15) is 0 Å². The van der Waals surface area contributed by atoms with Crippen LogP contribution in [0.4, 0.5) is 4.79 Å². The molecular weight excluding hydrogens is 281 g/mol. The van der Waals surface area contributed by atoms with Crippen molar-refractivity contribution in [2.45, 2.75) is 18.9 Å². The molecule has 0 radical (unpaired) electrons. The average Bonchev–Trinajstić information content (AvgIpc) is 2.08. The van der Waals surface area contributed by atoms with Gasteiger partial charge >= 0.3 is 6.03 Å². The summed E-state index contributed by atoms with van der Waals surface area (Å²) in [6, 6.07) is 0.382. The van der Waals surface area contributed by atoms with E-state index in [-0.39, 0.29) is 6.03 Å². The summed E-state index contributed by atoms with van der Waals surface area (Å²) in [5.41, 5.74) is 0. The van der Waals surface area contributed by atoms with Crippen molar-refractivity contribution in [3.63, 3.8) is 0 Å². The summed E-state index contributed by atoms with van der Waals surface area (Å²) >= 11 is 2.32. The second-order valence-corrected chi connectivity index (χ2v) is 4.89. The number of hydrogen-bond donors (Lipinski definition) is 1. The molecule has 0 spiro atoms. The molecule has 1 fully saturated rings. The van der Waals surface area contributed by atoms with Crippen LogP contribution in [0.1, 0.15) is 12.8 Å². The molecule has 0 aliphatic carbocycles. The van der Waals surface area contributed by atoms with Gasteiger partial charge in [-0.3, -0.25) is 0 Å². The quantitative estimate of drug-likeness (QED) is 0.580. The fourth-order valence-corrected chi connectivity index (χ4v) is 1.85. The standard InChI is InChI=1S/C8H16IN3O/c1-11(2)8(13)10-7-3-5-12(9)6-4-7/h7H,3-6H2,1-2H3,(H,10,13). The molecule has 0 saturated carbocycles. The lowest BCUT2D eigenvalue weighted by atomic mass is 10.1. The number of nitrogens with one attached hydrogen (secondary N) is 1. The van der Waals surface area contributed by atoms with E-state index in [1.54, 1.807) is 19.0 Å². The van der Waals surface area contributed by atoms with Gasteiger partial charge in [-0.05, 0) is 12.8 Å². The Morgan fingerprint density at radius 3 is 2.46 bits per heavy atom. The summed E-state index contributed by atoms with van der Waals surface area (Å²) in [6.07, 6.45) is 2.12. The highest BCUT2D eigenvalue weighted by Crippen LogP contribution is 2.13. The Labute approximate surface area is 93.1 Å². The monoisotopic (exact) mass is 297 g/mol. The maximum Gasteiger partial charge on any atom is 0.317 e. The maximum absolute atomic E-state index is 11.3. The van der Waals surface area contributed by atoms with Gasteiger partial charge in [-0.15, -0.1) is 0 Å². The molecule has 1 aliphatic rings. The van der Waals surface area contributed by atoms with Gasteiger partial charge in [-0.1, -0.05) is 0 Å². The predicted octanol–water partition coefficient (Wildman–Crippen LogP) is 1.07. The second-order valence-electron chi connectivity index (χ2n) is 3.53. The normalized spacial score (nSPS) is 19.9. The Bertz CT molecular complexity index is 178. The molecule has 1 saturated heterocycles. The predicted molar refractivity (Wildman–Crippen MR) is 60.8 cm³/mol. The van der Waals surface area contributed by atoms with Crippen LogP contribution in [0.25, 0.3) is 0 Å². The molecule has 0 unspecified atom stereocenters. The summed E-state index contributed by atoms with van der Waals surface area (Å²) in [7, 11) is 3.53. The molecule has 1 aliphatic heterocycles. The van der Waals surface area contributed by atoms with E-state index in [1.807, 2.05) is 0 Å². The van der Waals surface area contributed by atoms with E-state index in [1.165, 1.54) is 0 Å². The minimum atomic E-state index is 0.0203. The Morgan fingerprint density at radius 2 is 2.00 bits per heavy atom. The van der Waals surface area contributed by atoms with E-state index in [4.69, 9.17) is 0 Å². The Morgan fingerprint density at radius 1 is 1.46 bits per heavy atom. The van der Waals surface area contributed by atoms with Gasteiger partial charge in [0, 0.05) is 56.1 Å². The van der Waals surface area contributed by atoms with Crippen LogP contribution in [0, 0.1) is 0 Å². The van der Waals surface area contributed by atoms with Crippen molar-refractivity contribution in [3.05, 3.63) is 0 Å². The minimum absolute atomic E-state index is 0.0203. The molecule has 1 rings (SSSR count). The van der Waals surface area contributed by atoms with E-state index in [2.05, 4.69) is 31.3 Å². The zero-order valence-corrected chi connectivity index (χ0v) is 10.2. The van der Waals surface area contributed by atoms with Crippen LogP contribution >= 0.6 is 22.9 Å². The Hall–Kier alpha value is -0.0400. The van der Waals surface area contributed by atoms with Gasteiger partial charge < -0.3 is 10.2 Å². The number of rotatable bonds is 1. The summed E-state index contributed by atoms with van der Waals surface area (Å²) in [6.45, 7) is 2.14. The molecule has 0 bridgehead atoms. The van der Waals surface area contributed by atoms with Gasteiger partial charge in [0.2, 0.25) is 0 Å². The van der Waals surface area contributed by atoms with E-state index in [9.17, 15) is 4.79 Å². The maximum atomic E-state index is 11.3. The van der Waals surface area contributed by atoms with Crippen molar-refractivity contribution in [3.8, 4) is 0 Å². The fraction of sp³-hybridized carbons (Fsp3) is 0.875. The van der Waals surface area contributed by atoms with Gasteiger partial charge in [0.05, 0.1) is 0 Å². The first-order valence-corrected chi connectivity index (χ1v) is 5.44. The van der Waals surface area contributed by atoms with Gasteiger partial charge in [0.15, 0.2) is 0 Å². The summed E-state index contributed by atoms with van der Waals surface area (Å²) in [5, 5.41) is 3.00. The minimum Gasteiger partial charge on any atom is -0.335 e. The SMILES string of the molecule is CN(C)C(=O)NC1CCN(I)CC1. The highest BCUT2D eigenvalue weighted by atomic mass is 127. The number of halogens is 1. The first kappa shape index (κ1) is 11.0. The van der Waals surface area contributed by atoms with Crippen molar-refractivity contribution in [2.75, 3.05) is 27.2 Å². The van der Waals surface area contributed by atoms with Crippen molar-refractivity contribution in [2.24, 2.45) is 0 Å². The van der Waals surface area contributed by atoms with Gasteiger partial charge in [-0.25, -0.2) is 7.91 Å². The Kier molecular flexibility index (Phi) is 4.24. The van der Waals surface area contributed by atoms with Crippen LogP contribution in [-0.2, 0) is 0 Å². The number of nitrogens with zero attached hydrogens (tertiary/aromatic N) is 2. The fourth-order valence-electron chi connectivity index (χ4n) is 1.30. The molecule has 0 aromatic heterocycles. The Balaban J connectivity index is 2.26. The molecule has 2 amide bonds. The molecular formula is C8H16IN3O. The lowest BCUT2D eigenvalue weighted by molar-refractivity contribution is 0.207. The average molecular weight is 297 g/mol. The summed E-state index contributed by atoms with van der Waals surface area (Å²) < 4.78 is 2.26. The number of carbonyl (C=O) groups excluding carboxylic acids is 1. The summed E-state index contributed by atoms with van der Waals surface area (Å²) in [4.78, 5) is 12.9. The number of amides is 2. The van der Waals surface area contributed by atoms with Crippen LogP contribution in [0.5, 0.6) is 0 Å². The van der Waals surface area contributed by atoms with Crippen LogP contribution in [0.3, 0.4) is 0 Å². The third-order valence-electron chi connectivity index (χ3n) is 2.17. The van der Waals surface area contributed by atoms with E-state index in [0.717, 1.165) is 25.9 Å². The first-order valence-electron chi connectivity index (χ1n) is 4.48. The van der Waals surface area contributed by atoms with Gasteiger partial charge in [0.1, 0.15) is 0 Å². The van der Waals surface area contributed by atoms with Crippen LogP contribution in [0.2, 0.25) is 0 Å². The van der Waals surface area contributed by atoms with E-state index >= 15 is 0 Å². The third-order valence-corrected chi connectivity index (χ3v) is 3.14. The van der Waals surface area contributed by atoms with Crippen LogP contribution in [0.15, 0.2) is 0 Å². The van der Waals surface area contributed by atoms with Crippen LogP contribution in [-0.4, -0.2) is 47.3 Å². The number of carbonyl (C=O) groups is 1. The molecule has 0 aromatic carbocycles. The highest BCUT2D eigenvalue weighted by Gasteiger charge is 2.19. The molecule has 76 valence electrons. The summed E-state index contributed by atoms with van der Waals surface area (Å²) in [5.74, 6) is 0. The molecule has 1 N–H and O–H groups in total. The zero-order valence-electron chi connectivity index (χ0n) is 8.09. The zero-order chi connectivity index (χ0) is 9.84. The molecule has 4 nitrogen and oxygen atoms in total. The van der Waals surface area contributed by atoms with E-state index < -0.39 is 0 Å². The first-order chi connectivity index (χ1) is 6.09. The molecule has 1 heterocycles. The highest BCUT2D eigenvalue weighted by molar-refractivity contribution is 14.1. The number of hydrogen-bond acceptors (Lipinski definition) is 2. The number of urea groups is 1. The largest absolute Gasteiger partial charge is 0.335 e. The van der Waals surface area contributed by atoms with E-state index in [0.29, 0.717) is 6.04 Å². The smallest absolute Gasteiger partial charge is 0.317 e. The molecule has 13 heavy (non-hydrogen) atoms. The lowest BCUT2D eigenvalue weighted by Crippen LogP contribution is -2.45. The topological polar surface area (TPSA) is 35.6 Å². The second kappa shape index (κ2) is 4.99. The molecule has 0 atom stereocenters. The number of piperidine rings is 1. The van der Waals surface area contributed by atoms with Crippen molar-refractivity contribution >= 4 is 28.9 Å². The van der Waals surface area contributed by atoms with Crippen molar-refractivity contribution in [1.82, 2.24) is 13.3 Å². The molecule has 5 heteroatoms. The lowest BCUT2D eigenvalue weighted by Gasteiger charge is -2.28. The third kappa shape index (κ3) is 3.68. The van der Waals surface area contributed by atoms with Crippen molar-refractivity contribution in [1.29, 1.82) is 0 Å².